The van der Waals surface area contributed by atoms with Crippen molar-refractivity contribution in [2.24, 2.45) is 11.3 Å². The molecule has 306 valence electrons. The maximum Gasteiger partial charge on any atom is 0.327 e. The van der Waals surface area contributed by atoms with Gasteiger partial charge < -0.3 is 34.1 Å². The first-order valence-electron chi connectivity index (χ1n) is 20.6. The fraction of sp³-hybridized carbons (Fsp3) is 0.500. The highest BCUT2D eigenvalue weighted by atomic mass is 16.8. The quantitative estimate of drug-likeness (QED) is 0.181. The van der Waals surface area contributed by atoms with Crippen LogP contribution < -0.4 is 5.32 Å². The van der Waals surface area contributed by atoms with Gasteiger partial charge in [0.2, 0.25) is 11.7 Å². The number of epoxide rings is 1. The second-order valence-corrected chi connectivity index (χ2v) is 17.6. The number of nitrogens with zero attached hydrogens (tertiary/aromatic N) is 1. The van der Waals surface area contributed by atoms with Crippen LogP contribution in [0.1, 0.15) is 81.5 Å². The van der Waals surface area contributed by atoms with Crippen LogP contribution in [0.4, 0.5) is 0 Å². The van der Waals surface area contributed by atoms with Gasteiger partial charge in [-0.25, -0.2) is 0 Å². The summed E-state index contributed by atoms with van der Waals surface area (Å²) in [7, 11) is 0. The smallest absolute Gasteiger partial charge is 0.327 e. The van der Waals surface area contributed by atoms with Crippen molar-refractivity contribution >= 4 is 23.9 Å². The lowest BCUT2D eigenvalue weighted by molar-refractivity contribution is -0.213. The number of aliphatic hydroxyl groups excluding tert-OH is 1. The summed E-state index contributed by atoms with van der Waals surface area (Å²) in [5.74, 6) is -2.41. The molecule has 2 saturated carbocycles. The van der Waals surface area contributed by atoms with Crippen LogP contribution in [0.15, 0.2) is 91.0 Å². The number of esters is 2. The fourth-order valence-corrected chi connectivity index (χ4v) is 9.67. The lowest BCUT2D eigenvalue weighted by atomic mass is 9.62. The molecule has 6 fully saturated rings. The lowest BCUT2D eigenvalue weighted by Gasteiger charge is -2.49. The molecule has 0 aromatic heterocycles. The van der Waals surface area contributed by atoms with E-state index in [4.69, 9.17) is 28.5 Å². The third-order valence-electron chi connectivity index (χ3n) is 12.5. The van der Waals surface area contributed by atoms with Crippen LogP contribution in [0.5, 0.6) is 0 Å². The Morgan fingerprint density at radius 2 is 1.62 bits per heavy atom. The Balaban J connectivity index is 1.02. The third-order valence-corrected chi connectivity index (χ3v) is 12.5. The SMILES string of the molecule is CC(C)(C)OC(=O)CCC(CO)NC(=O)C12CC3OC(=O)C1N(Cc1ccc(C=CC4CCC5OC5C4)cc1)OC2C1OC(c2ccccc2)(c2ccccc2)OC31. The first kappa shape index (κ1) is 39.1. The minimum absolute atomic E-state index is 0.0184. The van der Waals surface area contributed by atoms with E-state index in [2.05, 4.69) is 17.5 Å². The molecule has 12 heteroatoms. The van der Waals surface area contributed by atoms with E-state index in [9.17, 15) is 19.5 Å². The summed E-state index contributed by atoms with van der Waals surface area (Å²) in [5.41, 5.74) is 1.26. The first-order valence-corrected chi connectivity index (χ1v) is 20.6. The zero-order chi connectivity index (χ0) is 40.2. The number of ether oxygens (including phenoxy) is 5. The molecule has 0 radical (unpaired) electrons. The first-order chi connectivity index (χ1) is 28.0. The molecule has 10 atom stereocenters. The van der Waals surface area contributed by atoms with Gasteiger partial charge in [-0.1, -0.05) is 97.1 Å². The topological polar surface area (TPSA) is 145 Å². The Bertz CT molecular complexity index is 1980. The maximum absolute atomic E-state index is 15.0. The Morgan fingerprint density at radius 3 is 2.28 bits per heavy atom. The minimum Gasteiger partial charge on any atom is -0.460 e. The van der Waals surface area contributed by atoms with Crippen molar-refractivity contribution in [1.29, 1.82) is 0 Å². The Kier molecular flexibility index (Phi) is 10.3. The molecule has 1 amide bonds. The standard InChI is InChI=1S/C46H52N2O10/c1-44(2,3)55-37(50)23-21-33(27-49)47-43(52)45-25-36-38-39(57-46(56-38,31-10-6-4-7-11-31)32-12-8-5-9-13-32)41(45)58-48(40(45)42(51)54-36)26-30-18-15-28(16-19-30)14-17-29-20-22-34-35(24-29)53-34/h4-19,29,33-36,38-41,49H,20-27H2,1-3H3,(H,47,52). The minimum atomic E-state index is -1.49. The second-order valence-electron chi connectivity index (χ2n) is 17.6. The average Bonchev–Trinajstić information content (AvgIpc) is 3.74. The van der Waals surface area contributed by atoms with Crippen molar-refractivity contribution in [2.45, 2.75) is 126 Å². The van der Waals surface area contributed by atoms with E-state index in [0.29, 0.717) is 18.1 Å². The molecular formula is C46H52N2O10. The molecule has 2 aliphatic carbocycles. The number of amides is 1. The van der Waals surface area contributed by atoms with Crippen LogP contribution >= 0.6 is 0 Å². The van der Waals surface area contributed by atoms with E-state index in [1.807, 2.05) is 84.9 Å². The van der Waals surface area contributed by atoms with E-state index in [0.717, 1.165) is 41.5 Å². The summed E-state index contributed by atoms with van der Waals surface area (Å²) < 4.78 is 31.4. The highest BCUT2D eigenvalue weighted by Crippen LogP contribution is 2.59. The molecule has 4 saturated heterocycles. The van der Waals surface area contributed by atoms with E-state index < -0.39 is 77.8 Å². The predicted octanol–water partition coefficient (Wildman–Crippen LogP) is 5.35. The van der Waals surface area contributed by atoms with Crippen molar-refractivity contribution in [3.63, 3.8) is 0 Å². The van der Waals surface area contributed by atoms with Gasteiger partial charge in [0.1, 0.15) is 35.4 Å². The maximum atomic E-state index is 15.0. The van der Waals surface area contributed by atoms with Crippen molar-refractivity contribution < 1.29 is 48.0 Å². The summed E-state index contributed by atoms with van der Waals surface area (Å²) in [6.45, 7) is 5.11. The summed E-state index contributed by atoms with van der Waals surface area (Å²) in [6.07, 6.45) is 5.41. The lowest BCUT2D eigenvalue weighted by Crippen LogP contribution is -2.70. The van der Waals surface area contributed by atoms with Crippen LogP contribution in [0, 0.1) is 11.3 Å². The van der Waals surface area contributed by atoms with Crippen LogP contribution in [-0.4, -0.2) is 88.9 Å². The van der Waals surface area contributed by atoms with E-state index in [1.54, 1.807) is 25.8 Å². The van der Waals surface area contributed by atoms with E-state index >= 15 is 0 Å². The zero-order valence-corrected chi connectivity index (χ0v) is 33.2. The molecule has 58 heavy (non-hydrogen) atoms. The summed E-state index contributed by atoms with van der Waals surface area (Å²) in [4.78, 5) is 48.8. The molecule has 4 aliphatic heterocycles. The highest BCUT2D eigenvalue weighted by molar-refractivity contribution is 5.94. The average molecular weight is 793 g/mol. The van der Waals surface area contributed by atoms with Gasteiger partial charge in [0.05, 0.1) is 31.4 Å². The second kappa shape index (κ2) is 15.3. The number of aliphatic hydroxyl groups is 1. The number of nitrogens with one attached hydrogen (secondary N) is 1. The molecule has 3 aromatic rings. The third kappa shape index (κ3) is 7.28. The number of benzene rings is 3. The van der Waals surface area contributed by atoms with Gasteiger partial charge in [0.25, 0.3) is 0 Å². The predicted molar refractivity (Wildman–Crippen MR) is 210 cm³/mol. The molecule has 4 heterocycles. The molecule has 0 spiro atoms. The molecule has 10 unspecified atom stereocenters. The highest BCUT2D eigenvalue weighted by Gasteiger charge is 2.76. The van der Waals surface area contributed by atoms with Gasteiger partial charge in [-0.2, -0.15) is 5.06 Å². The van der Waals surface area contributed by atoms with E-state index in [1.165, 1.54) is 0 Å². The van der Waals surface area contributed by atoms with Crippen LogP contribution in [0.2, 0.25) is 0 Å². The summed E-state index contributed by atoms with van der Waals surface area (Å²) in [5, 5.41) is 15.0. The number of allylic oxidation sites excluding steroid dienone is 1. The molecule has 9 rings (SSSR count). The van der Waals surface area contributed by atoms with Crippen LogP contribution in [-0.2, 0) is 55.2 Å². The van der Waals surface area contributed by atoms with Gasteiger partial charge in [0, 0.05) is 24.0 Å². The van der Waals surface area contributed by atoms with Gasteiger partial charge in [-0.05, 0) is 63.5 Å². The summed E-state index contributed by atoms with van der Waals surface area (Å²) in [6, 6.07) is 25.3. The molecule has 2 bridgehead atoms. The fourth-order valence-electron chi connectivity index (χ4n) is 9.67. The molecule has 3 aromatic carbocycles. The number of hydrogen-bond donors (Lipinski definition) is 2. The molecule has 12 nitrogen and oxygen atoms in total. The van der Waals surface area contributed by atoms with Gasteiger partial charge in [0.15, 0.2) is 6.04 Å². The van der Waals surface area contributed by atoms with Gasteiger partial charge in [-0.3, -0.25) is 19.2 Å². The number of hydroxylamine groups is 2. The largest absolute Gasteiger partial charge is 0.460 e. The monoisotopic (exact) mass is 792 g/mol. The van der Waals surface area contributed by atoms with Crippen LogP contribution in [0.3, 0.4) is 0 Å². The Hall–Kier alpha value is -4.43. The molecular weight excluding hydrogens is 741 g/mol. The van der Waals surface area contributed by atoms with Crippen LogP contribution in [0.25, 0.3) is 6.08 Å². The number of hydrogen-bond acceptors (Lipinski definition) is 11. The van der Waals surface area contributed by atoms with Gasteiger partial charge >= 0.3 is 11.9 Å². The molecule has 2 N–H and O–H groups in total. The number of carbonyl (C=O) groups excluding carboxylic acids is 3. The molecule has 6 aliphatic rings. The van der Waals surface area contributed by atoms with Gasteiger partial charge in [-0.15, -0.1) is 0 Å². The van der Waals surface area contributed by atoms with Crippen molar-refractivity contribution in [2.75, 3.05) is 6.61 Å². The van der Waals surface area contributed by atoms with Crippen molar-refractivity contribution in [3.8, 4) is 0 Å². The zero-order valence-electron chi connectivity index (χ0n) is 33.2. The van der Waals surface area contributed by atoms with Crippen molar-refractivity contribution in [1.82, 2.24) is 10.4 Å². The normalized spacial score (nSPS) is 32.5. The number of carbonyl (C=O) groups is 3. The van der Waals surface area contributed by atoms with Crippen molar-refractivity contribution in [3.05, 3.63) is 113 Å². The number of fused-ring (bicyclic) bond motifs is 5. The summed E-state index contributed by atoms with van der Waals surface area (Å²) >= 11 is 0. The Morgan fingerprint density at radius 1 is 0.931 bits per heavy atom. The number of rotatable bonds is 12. The Labute approximate surface area is 338 Å². The van der Waals surface area contributed by atoms with E-state index in [-0.39, 0.29) is 25.8 Å².